The Hall–Kier alpha value is -4.45. The van der Waals surface area contributed by atoms with Gasteiger partial charge in [0.15, 0.2) is 0 Å². The van der Waals surface area contributed by atoms with Gasteiger partial charge in [0, 0.05) is 37.0 Å². The number of aromatic nitrogens is 1. The number of amides is 3. The van der Waals surface area contributed by atoms with Gasteiger partial charge in [-0.1, -0.05) is 91.0 Å². The molecule has 1 atom stereocenters. The number of carbonyl (C=O) groups is 2. The summed E-state index contributed by atoms with van der Waals surface area (Å²) < 4.78 is 0. The molecule has 3 aromatic carbocycles. The summed E-state index contributed by atoms with van der Waals surface area (Å²) in [5, 5.41) is 8.70. The van der Waals surface area contributed by atoms with E-state index >= 15 is 0 Å². The van der Waals surface area contributed by atoms with E-state index < -0.39 is 12.1 Å². The smallest absolute Gasteiger partial charge is 0.315 e. The third kappa shape index (κ3) is 7.01. The molecule has 1 heterocycles. The van der Waals surface area contributed by atoms with Crippen LogP contribution in [-0.4, -0.2) is 29.5 Å². The van der Waals surface area contributed by atoms with E-state index in [2.05, 4.69) is 45.2 Å². The maximum Gasteiger partial charge on any atom is 0.315 e. The van der Waals surface area contributed by atoms with Crippen LogP contribution in [0.25, 0.3) is 0 Å². The Labute approximate surface area is 205 Å². The second-order valence-electron chi connectivity index (χ2n) is 8.20. The van der Waals surface area contributed by atoms with Gasteiger partial charge >= 0.3 is 6.03 Å². The fraction of sp³-hybridized carbons (Fsp3) is 0.138. The lowest BCUT2D eigenvalue weighted by Gasteiger charge is -2.22. The largest absolute Gasteiger partial charge is 0.337 e. The molecule has 0 radical (unpaired) electrons. The summed E-state index contributed by atoms with van der Waals surface area (Å²) in [6, 6.07) is 32.0. The monoisotopic (exact) mass is 464 g/mol. The maximum absolute atomic E-state index is 13.1. The number of urea groups is 1. The Balaban J connectivity index is 1.45. The third-order valence-electron chi connectivity index (χ3n) is 5.72. The van der Waals surface area contributed by atoms with Crippen LogP contribution in [0.4, 0.5) is 10.5 Å². The zero-order valence-corrected chi connectivity index (χ0v) is 19.3. The lowest BCUT2D eigenvalue weighted by atomic mass is 9.91. The van der Waals surface area contributed by atoms with Crippen LogP contribution in [0.1, 0.15) is 22.6 Å². The van der Waals surface area contributed by atoms with Crippen molar-refractivity contribution >= 4 is 17.6 Å². The van der Waals surface area contributed by atoms with Crippen molar-refractivity contribution < 1.29 is 9.59 Å². The number of anilines is 1. The molecule has 0 spiro atoms. The summed E-state index contributed by atoms with van der Waals surface area (Å²) >= 11 is 0. The van der Waals surface area contributed by atoms with Crippen molar-refractivity contribution in [3.8, 4) is 0 Å². The number of benzene rings is 3. The zero-order chi connectivity index (χ0) is 24.3. The first-order valence-electron chi connectivity index (χ1n) is 11.6. The van der Waals surface area contributed by atoms with E-state index in [1.165, 1.54) is 0 Å². The topological polar surface area (TPSA) is 83.1 Å². The SMILES string of the molecule is O=C(NCC(c1ccccc1)c1ccccc1)N[C@@H](Cc1ccccc1)C(=O)Nc1ccncc1. The van der Waals surface area contributed by atoms with E-state index in [1.807, 2.05) is 66.7 Å². The van der Waals surface area contributed by atoms with Crippen LogP contribution in [0.3, 0.4) is 0 Å². The number of nitrogens with zero attached hydrogens (tertiary/aromatic N) is 1. The van der Waals surface area contributed by atoms with Gasteiger partial charge in [-0.3, -0.25) is 9.78 Å². The minimum absolute atomic E-state index is 0.0126. The van der Waals surface area contributed by atoms with E-state index in [4.69, 9.17) is 0 Å². The second kappa shape index (κ2) is 12.1. The van der Waals surface area contributed by atoms with Crippen molar-refractivity contribution in [3.05, 3.63) is 132 Å². The third-order valence-corrected chi connectivity index (χ3v) is 5.72. The molecule has 3 N–H and O–H groups in total. The Morgan fingerprint density at radius 3 is 1.83 bits per heavy atom. The summed E-state index contributed by atoms with van der Waals surface area (Å²) in [5.74, 6) is -0.306. The molecule has 1 aromatic heterocycles. The number of pyridine rings is 1. The second-order valence-corrected chi connectivity index (χ2v) is 8.20. The maximum atomic E-state index is 13.1. The van der Waals surface area contributed by atoms with Crippen LogP contribution < -0.4 is 16.0 Å². The summed E-state index contributed by atoms with van der Waals surface area (Å²) in [5.41, 5.74) is 3.79. The molecule has 6 heteroatoms. The molecule has 6 nitrogen and oxygen atoms in total. The van der Waals surface area contributed by atoms with Gasteiger partial charge in [0.1, 0.15) is 6.04 Å². The first-order valence-corrected chi connectivity index (χ1v) is 11.6. The van der Waals surface area contributed by atoms with Gasteiger partial charge in [0.2, 0.25) is 5.91 Å². The van der Waals surface area contributed by atoms with Gasteiger partial charge in [-0.05, 0) is 28.8 Å². The predicted molar refractivity (Wildman–Crippen MR) is 138 cm³/mol. The molecule has 3 amide bonds. The highest BCUT2D eigenvalue weighted by Crippen LogP contribution is 2.23. The number of carbonyl (C=O) groups excluding carboxylic acids is 2. The first-order chi connectivity index (χ1) is 17.2. The Morgan fingerprint density at radius 1 is 0.714 bits per heavy atom. The first kappa shape index (κ1) is 23.7. The van der Waals surface area contributed by atoms with Gasteiger partial charge < -0.3 is 16.0 Å². The molecular formula is C29H28N4O2. The molecule has 0 aliphatic heterocycles. The summed E-state index contributed by atoms with van der Waals surface area (Å²) in [7, 11) is 0. The molecule has 35 heavy (non-hydrogen) atoms. The van der Waals surface area contributed by atoms with Crippen molar-refractivity contribution in [1.82, 2.24) is 15.6 Å². The minimum atomic E-state index is -0.752. The lowest BCUT2D eigenvalue weighted by molar-refractivity contribution is -0.117. The van der Waals surface area contributed by atoms with Crippen LogP contribution in [-0.2, 0) is 11.2 Å². The fourth-order valence-corrected chi connectivity index (χ4v) is 3.93. The summed E-state index contributed by atoms with van der Waals surface area (Å²) in [6.45, 7) is 0.393. The number of hydrogen-bond acceptors (Lipinski definition) is 3. The average Bonchev–Trinajstić information content (AvgIpc) is 2.91. The Kier molecular flexibility index (Phi) is 8.22. The van der Waals surface area contributed by atoms with Crippen molar-refractivity contribution in [1.29, 1.82) is 0 Å². The van der Waals surface area contributed by atoms with Gasteiger partial charge in [-0.2, -0.15) is 0 Å². The molecule has 4 aromatic rings. The highest BCUT2D eigenvalue weighted by molar-refractivity contribution is 5.97. The van der Waals surface area contributed by atoms with E-state index in [0.29, 0.717) is 18.7 Å². The molecule has 4 rings (SSSR count). The van der Waals surface area contributed by atoms with E-state index in [0.717, 1.165) is 16.7 Å². The average molecular weight is 465 g/mol. The van der Waals surface area contributed by atoms with Gasteiger partial charge in [-0.15, -0.1) is 0 Å². The van der Waals surface area contributed by atoms with Crippen molar-refractivity contribution in [2.75, 3.05) is 11.9 Å². The zero-order valence-electron chi connectivity index (χ0n) is 19.3. The summed E-state index contributed by atoms with van der Waals surface area (Å²) in [6.07, 6.45) is 3.58. The molecule has 0 aliphatic carbocycles. The van der Waals surface area contributed by atoms with Gasteiger partial charge in [-0.25, -0.2) is 4.79 Å². The predicted octanol–water partition coefficient (Wildman–Crippen LogP) is 4.76. The molecule has 176 valence electrons. The fourth-order valence-electron chi connectivity index (χ4n) is 3.93. The van der Waals surface area contributed by atoms with Crippen LogP contribution in [0, 0.1) is 0 Å². The number of rotatable bonds is 9. The molecule has 0 aliphatic rings. The van der Waals surface area contributed by atoms with Gasteiger partial charge in [0.25, 0.3) is 0 Å². The minimum Gasteiger partial charge on any atom is -0.337 e. The molecule has 0 unspecified atom stereocenters. The van der Waals surface area contributed by atoms with Gasteiger partial charge in [0.05, 0.1) is 0 Å². The van der Waals surface area contributed by atoms with Crippen LogP contribution >= 0.6 is 0 Å². The van der Waals surface area contributed by atoms with E-state index in [9.17, 15) is 9.59 Å². The van der Waals surface area contributed by atoms with Crippen LogP contribution in [0.15, 0.2) is 116 Å². The van der Waals surface area contributed by atoms with Crippen LogP contribution in [0.5, 0.6) is 0 Å². The number of nitrogens with one attached hydrogen (secondary N) is 3. The quantitative estimate of drug-likeness (QED) is 0.334. The highest BCUT2D eigenvalue weighted by atomic mass is 16.2. The molecule has 0 fully saturated rings. The molecule has 0 saturated carbocycles. The molecule has 0 bridgehead atoms. The highest BCUT2D eigenvalue weighted by Gasteiger charge is 2.22. The van der Waals surface area contributed by atoms with Crippen molar-refractivity contribution in [2.24, 2.45) is 0 Å². The Morgan fingerprint density at radius 2 is 1.26 bits per heavy atom. The summed E-state index contributed by atoms with van der Waals surface area (Å²) in [4.78, 5) is 30.0. The standard InChI is InChI=1S/C29H28N4O2/c34-28(32-25-16-18-30-19-17-25)27(20-22-10-4-1-5-11-22)33-29(35)31-21-26(23-12-6-2-7-13-23)24-14-8-3-9-15-24/h1-19,26-27H,20-21H2,(H,30,32,34)(H2,31,33,35)/t27-/m0/s1. The Bertz CT molecular complexity index is 1160. The van der Waals surface area contributed by atoms with E-state index in [1.54, 1.807) is 24.5 Å². The lowest BCUT2D eigenvalue weighted by Crippen LogP contribution is -2.49. The molecular weight excluding hydrogens is 436 g/mol. The molecule has 0 saturated heterocycles. The number of hydrogen-bond donors (Lipinski definition) is 3. The van der Waals surface area contributed by atoms with Crippen molar-refractivity contribution in [3.63, 3.8) is 0 Å². The van der Waals surface area contributed by atoms with Crippen molar-refractivity contribution in [2.45, 2.75) is 18.4 Å². The van der Waals surface area contributed by atoms with E-state index in [-0.39, 0.29) is 11.8 Å². The van der Waals surface area contributed by atoms with Crippen LogP contribution in [0.2, 0.25) is 0 Å². The normalized spacial score (nSPS) is 11.5.